The van der Waals surface area contributed by atoms with Gasteiger partial charge in [-0.25, -0.2) is 9.79 Å². The van der Waals surface area contributed by atoms with Gasteiger partial charge in [-0.15, -0.1) is 0 Å². The third-order valence-electron chi connectivity index (χ3n) is 5.76. The zero-order valence-corrected chi connectivity index (χ0v) is 21.7. The number of ether oxygens (including phenoxy) is 4. The van der Waals surface area contributed by atoms with Crippen LogP contribution in [-0.2, 0) is 9.53 Å². The first-order valence-electron chi connectivity index (χ1n) is 11.6. The van der Waals surface area contributed by atoms with E-state index in [0.29, 0.717) is 44.4 Å². The number of carbonyl (C=O) groups is 1. The van der Waals surface area contributed by atoms with Crippen molar-refractivity contribution in [2.24, 2.45) is 4.99 Å². The summed E-state index contributed by atoms with van der Waals surface area (Å²) in [5, 5.41) is 0. The standard InChI is InChI=1S/C27H28N2O6S/c1-6-34-24-18(12-10-14-20(24)33-5)23-22(26(31)35-7-2)16(3)28-27-29(23)25(30)21(36-27)15-17-11-8-9-13-19(17)32-4/h8-15,23H,6-7H2,1-5H3/b21-15+/t23-/m1/s1. The quantitative estimate of drug-likeness (QED) is 0.434. The number of carbonyl (C=O) groups excluding carboxylic acids is 1. The first-order valence-corrected chi connectivity index (χ1v) is 12.4. The molecule has 1 aliphatic rings. The number of fused-ring (bicyclic) bond motifs is 1. The number of rotatable bonds is 8. The fraction of sp³-hybridized carbons (Fsp3) is 0.296. The van der Waals surface area contributed by atoms with Crippen molar-refractivity contribution in [3.8, 4) is 17.2 Å². The van der Waals surface area contributed by atoms with Crippen molar-refractivity contribution in [3.05, 3.63) is 84.5 Å². The SMILES string of the molecule is CCOC(=O)C1=C(C)N=c2s/c(=C/c3ccccc3OC)c(=O)n2[C@@H]1c1cccc(OC)c1OCC. The van der Waals surface area contributed by atoms with Crippen LogP contribution in [0.1, 0.15) is 37.9 Å². The van der Waals surface area contributed by atoms with Crippen LogP contribution in [0.5, 0.6) is 17.2 Å². The molecule has 0 amide bonds. The summed E-state index contributed by atoms with van der Waals surface area (Å²) < 4.78 is 24.3. The molecule has 0 spiro atoms. The first-order chi connectivity index (χ1) is 17.4. The molecule has 0 saturated carbocycles. The molecular formula is C27H28N2O6S. The van der Waals surface area contributed by atoms with E-state index in [2.05, 4.69) is 4.99 Å². The number of hydrogen-bond acceptors (Lipinski definition) is 8. The molecule has 2 aromatic carbocycles. The van der Waals surface area contributed by atoms with Gasteiger partial charge < -0.3 is 18.9 Å². The Labute approximate surface area is 212 Å². The van der Waals surface area contributed by atoms with Crippen LogP contribution in [0.2, 0.25) is 0 Å². The fourth-order valence-corrected chi connectivity index (χ4v) is 5.26. The topological polar surface area (TPSA) is 88.4 Å². The van der Waals surface area contributed by atoms with Gasteiger partial charge in [0.15, 0.2) is 16.3 Å². The van der Waals surface area contributed by atoms with E-state index in [4.69, 9.17) is 18.9 Å². The van der Waals surface area contributed by atoms with Gasteiger partial charge in [-0.05, 0) is 39.0 Å². The van der Waals surface area contributed by atoms with Crippen molar-refractivity contribution in [1.82, 2.24) is 4.57 Å². The molecule has 0 bridgehead atoms. The normalized spacial score (nSPS) is 15.2. The number of allylic oxidation sites excluding steroid dienone is 1. The van der Waals surface area contributed by atoms with Crippen LogP contribution >= 0.6 is 11.3 Å². The molecule has 0 saturated heterocycles. The highest BCUT2D eigenvalue weighted by molar-refractivity contribution is 7.07. The highest BCUT2D eigenvalue weighted by atomic mass is 32.1. The fourth-order valence-electron chi connectivity index (χ4n) is 4.22. The molecule has 4 rings (SSSR count). The van der Waals surface area contributed by atoms with Crippen LogP contribution < -0.4 is 29.1 Å². The lowest BCUT2D eigenvalue weighted by atomic mass is 9.94. The number of thiazole rings is 1. The summed E-state index contributed by atoms with van der Waals surface area (Å²) >= 11 is 1.25. The van der Waals surface area contributed by atoms with E-state index < -0.39 is 12.0 Å². The minimum atomic E-state index is -0.809. The molecule has 0 aliphatic carbocycles. The Bertz CT molecular complexity index is 1500. The third-order valence-corrected chi connectivity index (χ3v) is 6.74. The highest BCUT2D eigenvalue weighted by Crippen LogP contribution is 2.40. The number of esters is 1. The molecule has 36 heavy (non-hydrogen) atoms. The Balaban J connectivity index is 2.03. The Morgan fingerprint density at radius 2 is 1.78 bits per heavy atom. The van der Waals surface area contributed by atoms with Gasteiger partial charge in [0.25, 0.3) is 5.56 Å². The molecule has 0 radical (unpaired) electrons. The maximum Gasteiger partial charge on any atom is 0.338 e. The van der Waals surface area contributed by atoms with Gasteiger partial charge >= 0.3 is 5.97 Å². The average Bonchev–Trinajstić information content (AvgIpc) is 3.18. The molecule has 1 aliphatic heterocycles. The molecule has 3 aromatic rings. The largest absolute Gasteiger partial charge is 0.496 e. The van der Waals surface area contributed by atoms with Crippen molar-refractivity contribution < 1.29 is 23.7 Å². The number of hydrogen-bond donors (Lipinski definition) is 0. The Morgan fingerprint density at radius 3 is 2.47 bits per heavy atom. The Hall–Kier alpha value is -3.85. The summed E-state index contributed by atoms with van der Waals surface area (Å²) in [6.45, 7) is 5.92. The second-order valence-corrected chi connectivity index (χ2v) is 8.86. The number of benzene rings is 2. The highest BCUT2D eigenvalue weighted by Gasteiger charge is 2.36. The number of nitrogens with zero attached hydrogens (tertiary/aromatic N) is 2. The number of methoxy groups -OCH3 is 2. The summed E-state index contributed by atoms with van der Waals surface area (Å²) in [7, 11) is 3.13. The predicted molar refractivity (Wildman–Crippen MR) is 138 cm³/mol. The summed E-state index contributed by atoms with van der Waals surface area (Å²) in [4.78, 5) is 32.1. The van der Waals surface area contributed by atoms with E-state index in [0.717, 1.165) is 5.56 Å². The molecule has 2 heterocycles. The summed E-state index contributed by atoms with van der Waals surface area (Å²) in [5.74, 6) is 1.08. The second kappa shape index (κ2) is 10.8. The minimum absolute atomic E-state index is 0.191. The van der Waals surface area contributed by atoms with Crippen molar-refractivity contribution in [3.63, 3.8) is 0 Å². The van der Waals surface area contributed by atoms with E-state index in [9.17, 15) is 9.59 Å². The molecule has 188 valence electrons. The number of aromatic nitrogens is 1. The summed E-state index contributed by atoms with van der Waals surface area (Å²) in [5.41, 5.74) is 1.85. The smallest absolute Gasteiger partial charge is 0.338 e. The average molecular weight is 509 g/mol. The number of para-hydroxylation sites is 2. The van der Waals surface area contributed by atoms with Gasteiger partial charge in [0.05, 0.1) is 43.2 Å². The van der Waals surface area contributed by atoms with E-state index in [1.165, 1.54) is 15.9 Å². The monoisotopic (exact) mass is 508 g/mol. The van der Waals surface area contributed by atoms with E-state index >= 15 is 0 Å². The van der Waals surface area contributed by atoms with E-state index in [1.54, 1.807) is 46.3 Å². The van der Waals surface area contributed by atoms with Gasteiger partial charge in [0, 0.05) is 11.1 Å². The van der Waals surface area contributed by atoms with Crippen molar-refractivity contribution in [2.45, 2.75) is 26.8 Å². The molecule has 1 aromatic heterocycles. The minimum Gasteiger partial charge on any atom is -0.496 e. The molecule has 0 N–H and O–H groups in total. The molecule has 9 heteroatoms. The van der Waals surface area contributed by atoms with Crippen molar-refractivity contribution >= 4 is 23.4 Å². The lowest BCUT2D eigenvalue weighted by molar-refractivity contribution is -0.139. The maximum absolute atomic E-state index is 13.9. The summed E-state index contributed by atoms with van der Waals surface area (Å²) in [6, 6.07) is 12.1. The molecule has 0 fully saturated rings. The zero-order chi connectivity index (χ0) is 25.8. The molecule has 8 nitrogen and oxygen atoms in total. The lowest BCUT2D eigenvalue weighted by Gasteiger charge is -2.26. The van der Waals surface area contributed by atoms with Crippen LogP contribution in [0.3, 0.4) is 0 Å². The van der Waals surface area contributed by atoms with Crippen LogP contribution in [0.4, 0.5) is 0 Å². The van der Waals surface area contributed by atoms with Crippen LogP contribution in [0.15, 0.2) is 63.5 Å². The van der Waals surface area contributed by atoms with Gasteiger partial charge in [-0.3, -0.25) is 9.36 Å². The van der Waals surface area contributed by atoms with E-state index in [1.807, 2.05) is 37.3 Å². The van der Waals surface area contributed by atoms with Crippen LogP contribution in [0, 0.1) is 0 Å². The van der Waals surface area contributed by atoms with Gasteiger partial charge in [-0.1, -0.05) is 41.7 Å². The maximum atomic E-state index is 13.9. The van der Waals surface area contributed by atoms with Gasteiger partial charge in [-0.2, -0.15) is 0 Å². The van der Waals surface area contributed by atoms with Crippen LogP contribution in [-0.4, -0.2) is 38.0 Å². The van der Waals surface area contributed by atoms with Crippen LogP contribution in [0.25, 0.3) is 6.08 Å². The zero-order valence-electron chi connectivity index (χ0n) is 20.9. The van der Waals surface area contributed by atoms with Gasteiger partial charge in [0.2, 0.25) is 0 Å². The summed E-state index contributed by atoms with van der Waals surface area (Å²) in [6.07, 6.45) is 1.78. The molecule has 1 atom stereocenters. The van der Waals surface area contributed by atoms with Crippen molar-refractivity contribution in [1.29, 1.82) is 0 Å². The van der Waals surface area contributed by atoms with E-state index in [-0.39, 0.29) is 17.7 Å². The third kappa shape index (κ3) is 4.54. The second-order valence-electron chi connectivity index (χ2n) is 7.86. The lowest BCUT2D eigenvalue weighted by Crippen LogP contribution is -2.40. The van der Waals surface area contributed by atoms with Crippen molar-refractivity contribution in [2.75, 3.05) is 27.4 Å². The first kappa shape index (κ1) is 25.2. The molecular weight excluding hydrogens is 480 g/mol. The predicted octanol–water partition coefficient (Wildman–Crippen LogP) is 3.21. The Kier molecular flexibility index (Phi) is 7.59. The Morgan fingerprint density at radius 1 is 1.06 bits per heavy atom. The van der Waals surface area contributed by atoms with Gasteiger partial charge in [0.1, 0.15) is 11.8 Å². The molecule has 0 unspecified atom stereocenters.